The first-order valence-electron chi connectivity index (χ1n) is 2.87. The summed E-state index contributed by atoms with van der Waals surface area (Å²) >= 11 is 0. The molecule has 0 bridgehead atoms. The van der Waals surface area contributed by atoms with Crippen LogP contribution in [-0.4, -0.2) is 15.1 Å². The van der Waals surface area contributed by atoms with Gasteiger partial charge in [-0.1, -0.05) is 13.8 Å². The topological polar surface area (TPSA) is 56.7 Å². The van der Waals surface area contributed by atoms with Gasteiger partial charge in [-0.3, -0.25) is 0 Å². The Morgan fingerprint density at radius 2 is 2.33 bits per heavy atom. The highest BCUT2D eigenvalue weighted by atomic mass is 15.6. The Kier molecular flexibility index (Phi) is 1.38. The maximum Gasteiger partial charge on any atom is 0.0845 e. The van der Waals surface area contributed by atoms with Gasteiger partial charge in [0.15, 0.2) is 0 Å². The Bertz CT molecular complexity index is 191. The van der Waals surface area contributed by atoms with Gasteiger partial charge in [0.05, 0.1) is 11.9 Å². The molecule has 50 valence electrons. The van der Waals surface area contributed by atoms with Crippen LogP contribution in [0.15, 0.2) is 6.20 Å². The number of rotatable bonds is 1. The van der Waals surface area contributed by atoms with Gasteiger partial charge in [-0.15, -0.1) is 5.10 Å². The molecule has 0 saturated carbocycles. The predicted molar refractivity (Wildman–Crippen MR) is 34.3 cm³/mol. The van der Waals surface area contributed by atoms with Gasteiger partial charge in [-0.2, -0.15) is 4.79 Å². The van der Waals surface area contributed by atoms with E-state index in [4.69, 9.17) is 5.84 Å². The first-order valence-corrected chi connectivity index (χ1v) is 2.87. The Labute approximate surface area is 53.6 Å². The van der Waals surface area contributed by atoms with Crippen LogP contribution in [0.5, 0.6) is 0 Å². The van der Waals surface area contributed by atoms with E-state index >= 15 is 0 Å². The summed E-state index contributed by atoms with van der Waals surface area (Å²) in [4.78, 5) is 1.30. The monoisotopic (exact) mass is 126 g/mol. The molecule has 0 amide bonds. The van der Waals surface area contributed by atoms with E-state index in [1.54, 1.807) is 6.20 Å². The second kappa shape index (κ2) is 2.05. The molecular formula is C5H10N4. The van der Waals surface area contributed by atoms with Crippen LogP contribution in [0.25, 0.3) is 0 Å². The van der Waals surface area contributed by atoms with Gasteiger partial charge in [0.1, 0.15) is 0 Å². The van der Waals surface area contributed by atoms with Gasteiger partial charge < -0.3 is 5.84 Å². The summed E-state index contributed by atoms with van der Waals surface area (Å²) in [5.74, 6) is 5.78. The third kappa shape index (κ3) is 1.01. The minimum absolute atomic E-state index is 0.394. The molecule has 1 aromatic rings. The summed E-state index contributed by atoms with van der Waals surface area (Å²) < 4.78 is 0. The maximum atomic E-state index is 5.38. The normalized spacial score (nSPS) is 10.6. The highest BCUT2D eigenvalue weighted by Gasteiger charge is 2.03. The largest absolute Gasteiger partial charge is 0.322 e. The lowest BCUT2D eigenvalue weighted by Gasteiger charge is -2.00. The number of nitrogen functional groups attached to an aromatic ring is 1. The Balaban J connectivity index is 2.94. The van der Waals surface area contributed by atoms with Crippen molar-refractivity contribution in [1.29, 1.82) is 0 Å². The number of nitrogens with zero attached hydrogens (tertiary/aromatic N) is 3. The van der Waals surface area contributed by atoms with Crippen molar-refractivity contribution >= 4 is 0 Å². The van der Waals surface area contributed by atoms with Crippen LogP contribution in [0.3, 0.4) is 0 Å². The Hall–Kier alpha value is -1.06. The van der Waals surface area contributed by atoms with E-state index in [0.717, 1.165) is 5.69 Å². The molecule has 9 heavy (non-hydrogen) atoms. The van der Waals surface area contributed by atoms with Crippen LogP contribution in [0, 0.1) is 0 Å². The fourth-order valence-electron chi connectivity index (χ4n) is 0.665. The number of hydrogen-bond donors (Lipinski definition) is 1. The van der Waals surface area contributed by atoms with Crippen molar-refractivity contribution in [3.05, 3.63) is 11.9 Å². The molecule has 0 atom stereocenters. The van der Waals surface area contributed by atoms with Crippen LogP contribution in [0.4, 0.5) is 0 Å². The van der Waals surface area contributed by atoms with E-state index in [1.807, 2.05) is 13.8 Å². The van der Waals surface area contributed by atoms with Crippen LogP contribution < -0.4 is 5.84 Å². The number of nitrogens with two attached hydrogens (primary N) is 1. The average molecular weight is 126 g/mol. The van der Waals surface area contributed by atoms with E-state index in [-0.39, 0.29) is 0 Å². The summed E-state index contributed by atoms with van der Waals surface area (Å²) in [6.45, 7) is 4.09. The van der Waals surface area contributed by atoms with Crippen molar-refractivity contribution in [2.75, 3.05) is 5.84 Å². The minimum atomic E-state index is 0.394. The molecule has 4 nitrogen and oxygen atoms in total. The van der Waals surface area contributed by atoms with Crippen LogP contribution in [0.1, 0.15) is 25.5 Å². The average Bonchev–Trinajstić information content (AvgIpc) is 2.13. The van der Waals surface area contributed by atoms with Gasteiger partial charge >= 0.3 is 0 Å². The van der Waals surface area contributed by atoms with E-state index in [2.05, 4.69) is 10.3 Å². The van der Waals surface area contributed by atoms with E-state index in [9.17, 15) is 0 Å². The Morgan fingerprint density at radius 3 is 2.56 bits per heavy atom. The third-order valence-corrected chi connectivity index (χ3v) is 1.19. The van der Waals surface area contributed by atoms with Crippen molar-refractivity contribution in [3.8, 4) is 0 Å². The smallest absolute Gasteiger partial charge is 0.0845 e. The second-order valence-corrected chi connectivity index (χ2v) is 2.26. The van der Waals surface area contributed by atoms with Crippen molar-refractivity contribution in [2.24, 2.45) is 0 Å². The number of hydrogen-bond acceptors (Lipinski definition) is 3. The molecule has 0 spiro atoms. The van der Waals surface area contributed by atoms with Gasteiger partial charge in [-0.25, -0.2) is 0 Å². The summed E-state index contributed by atoms with van der Waals surface area (Å²) in [5.41, 5.74) is 0.954. The van der Waals surface area contributed by atoms with Gasteiger partial charge in [0.25, 0.3) is 0 Å². The van der Waals surface area contributed by atoms with Crippen molar-refractivity contribution in [2.45, 2.75) is 19.8 Å². The lowest BCUT2D eigenvalue weighted by Crippen LogP contribution is -2.14. The second-order valence-electron chi connectivity index (χ2n) is 2.26. The van der Waals surface area contributed by atoms with Gasteiger partial charge in [0.2, 0.25) is 0 Å². The van der Waals surface area contributed by atoms with E-state index in [1.165, 1.54) is 4.79 Å². The molecule has 0 radical (unpaired) electrons. The number of aromatic nitrogens is 3. The predicted octanol–water partition coefficient (Wildman–Crippen LogP) is 0.115. The lowest BCUT2D eigenvalue weighted by molar-refractivity contribution is 0.687. The van der Waals surface area contributed by atoms with Gasteiger partial charge in [0, 0.05) is 0 Å². The van der Waals surface area contributed by atoms with Crippen molar-refractivity contribution < 1.29 is 0 Å². The summed E-state index contributed by atoms with van der Waals surface area (Å²) in [6.07, 6.45) is 1.67. The molecule has 1 heterocycles. The maximum absolute atomic E-state index is 5.38. The highest BCUT2D eigenvalue weighted by molar-refractivity contribution is 4.99. The SMILES string of the molecule is CC(C)c1cnnn1N. The molecule has 0 fully saturated rings. The summed E-state index contributed by atoms with van der Waals surface area (Å²) in [7, 11) is 0. The molecule has 2 N–H and O–H groups in total. The summed E-state index contributed by atoms with van der Waals surface area (Å²) in [6, 6.07) is 0. The fourth-order valence-corrected chi connectivity index (χ4v) is 0.665. The zero-order valence-corrected chi connectivity index (χ0v) is 5.57. The fraction of sp³-hybridized carbons (Fsp3) is 0.600. The Morgan fingerprint density at radius 1 is 1.67 bits per heavy atom. The lowest BCUT2D eigenvalue weighted by atomic mass is 10.2. The van der Waals surface area contributed by atoms with E-state index in [0.29, 0.717) is 5.92 Å². The first kappa shape index (κ1) is 6.07. The van der Waals surface area contributed by atoms with Crippen LogP contribution in [-0.2, 0) is 0 Å². The molecule has 1 rings (SSSR count). The molecule has 0 aromatic carbocycles. The molecule has 4 heteroatoms. The summed E-state index contributed by atoms with van der Waals surface area (Å²) in [5, 5.41) is 7.21. The molecule has 0 saturated heterocycles. The molecule has 0 aliphatic carbocycles. The standard InChI is InChI=1S/C5H10N4/c1-4(2)5-3-7-8-9(5)6/h3-4H,6H2,1-2H3. The highest BCUT2D eigenvalue weighted by Crippen LogP contribution is 2.08. The van der Waals surface area contributed by atoms with Crippen molar-refractivity contribution in [1.82, 2.24) is 15.1 Å². The first-order chi connectivity index (χ1) is 4.22. The molecule has 0 aliphatic heterocycles. The van der Waals surface area contributed by atoms with Crippen LogP contribution >= 0.6 is 0 Å². The molecule has 1 aromatic heterocycles. The zero-order chi connectivity index (χ0) is 6.85. The van der Waals surface area contributed by atoms with Gasteiger partial charge in [-0.05, 0) is 11.1 Å². The molecule has 0 aliphatic rings. The zero-order valence-electron chi connectivity index (χ0n) is 5.57. The van der Waals surface area contributed by atoms with Crippen molar-refractivity contribution in [3.63, 3.8) is 0 Å². The molecule has 0 unspecified atom stereocenters. The van der Waals surface area contributed by atoms with E-state index < -0.39 is 0 Å². The third-order valence-electron chi connectivity index (χ3n) is 1.19. The quantitative estimate of drug-likeness (QED) is 0.543. The minimum Gasteiger partial charge on any atom is -0.322 e. The molecular weight excluding hydrogens is 116 g/mol. The van der Waals surface area contributed by atoms with Crippen LogP contribution in [0.2, 0.25) is 0 Å².